The number of thiophene rings is 1. The molecule has 0 amide bonds. The van der Waals surface area contributed by atoms with Crippen molar-refractivity contribution in [2.45, 2.75) is 19.1 Å². The van der Waals surface area contributed by atoms with Gasteiger partial charge in [-0.25, -0.2) is 0 Å². The number of nitrogens with zero attached hydrogens (tertiary/aromatic N) is 3. The lowest BCUT2D eigenvalue weighted by Gasteiger charge is -2.35. The lowest BCUT2D eigenvalue weighted by atomic mass is 10.1. The fourth-order valence-corrected chi connectivity index (χ4v) is 3.59. The second kappa shape index (κ2) is 6.84. The van der Waals surface area contributed by atoms with Gasteiger partial charge in [-0.2, -0.15) is 0 Å². The zero-order valence-corrected chi connectivity index (χ0v) is 14.3. The molecule has 0 spiro atoms. The normalized spacial score (nSPS) is 20.1. The first-order valence-corrected chi connectivity index (χ1v) is 8.97. The van der Waals surface area contributed by atoms with Crippen molar-refractivity contribution in [3.05, 3.63) is 59.3 Å². The standard InChI is InChI=1S/C18H19N3O2S/c1-13(17-19-20-18(23-17)16-8-5-11-24-16)21-9-10-22-15(12-21)14-6-3-2-4-7-14/h2-8,11,13,15H,9-10,12H2,1H3/t13-,15-/m1/s1. The molecule has 1 aliphatic heterocycles. The SMILES string of the molecule is C[C@H](c1nnc(-c2cccs2)o1)N1CCO[C@@H](c2ccccc2)C1. The number of hydrogen-bond acceptors (Lipinski definition) is 6. The zero-order chi connectivity index (χ0) is 16.4. The molecule has 0 radical (unpaired) electrons. The fourth-order valence-electron chi connectivity index (χ4n) is 2.95. The zero-order valence-electron chi connectivity index (χ0n) is 13.5. The average Bonchev–Trinajstić information content (AvgIpc) is 3.33. The fraction of sp³-hybridized carbons (Fsp3) is 0.333. The van der Waals surface area contributed by atoms with Gasteiger partial charge in [0, 0.05) is 13.1 Å². The molecule has 2 atom stereocenters. The van der Waals surface area contributed by atoms with Gasteiger partial charge in [0.2, 0.25) is 5.89 Å². The van der Waals surface area contributed by atoms with Gasteiger partial charge in [-0.1, -0.05) is 36.4 Å². The third kappa shape index (κ3) is 3.13. The van der Waals surface area contributed by atoms with E-state index in [9.17, 15) is 0 Å². The van der Waals surface area contributed by atoms with E-state index in [1.165, 1.54) is 5.56 Å². The molecule has 4 rings (SSSR count). The summed E-state index contributed by atoms with van der Waals surface area (Å²) in [6.45, 7) is 4.50. The van der Waals surface area contributed by atoms with Crippen molar-refractivity contribution >= 4 is 11.3 Å². The maximum absolute atomic E-state index is 5.94. The quantitative estimate of drug-likeness (QED) is 0.719. The Kier molecular flexibility index (Phi) is 4.42. The van der Waals surface area contributed by atoms with Crippen LogP contribution in [0.2, 0.25) is 0 Å². The number of ether oxygens (including phenoxy) is 1. The third-order valence-electron chi connectivity index (χ3n) is 4.35. The number of rotatable bonds is 4. The summed E-state index contributed by atoms with van der Waals surface area (Å²) in [5, 5.41) is 10.4. The molecule has 1 saturated heterocycles. The van der Waals surface area contributed by atoms with Crippen LogP contribution in [0.15, 0.2) is 52.3 Å². The van der Waals surface area contributed by atoms with Crippen molar-refractivity contribution in [3.63, 3.8) is 0 Å². The maximum atomic E-state index is 5.94. The second-order valence-electron chi connectivity index (χ2n) is 5.86. The summed E-state index contributed by atoms with van der Waals surface area (Å²) < 4.78 is 11.8. The van der Waals surface area contributed by atoms with Crippen LogP contribution in [0.4, 0.5) is 0 Å². The molecule has 1 fully saturated rings. The summed E-state index contributed by atoms with van der Waals surface area (Å²) in [7, 11) is 0. The van der Waals surface area contributed by atoms with Gasteiger partial charge in [0.1, 0.15) is 0 Å². The highest BCUT2D eigenvalue weighted by molar-refractivity contribution is 7.13. The van der Waals surface area contributed by atoms with Crippen LogP contribution in [-0.2, 0) is 4.74 Å². The van der Waals surface area contributed by atoms with E-state index in [0.717, 1.165) is 18.0 Å². The van der Waals surface area contributed by atoms with Crippen LogP contribution in [0.25, 0.3) is 10.8 Å². The lowest BCUT2D eigenvalue weighted by molar-refractivity contribution is -0.0463. The van der Waals surface area contributed by atoms with Crippen molar-refractivity contribution in [3.8, 4) is 10.8 Å². The largest absolute Gasteiger partial charge is 0.418 e. The lowest BCUT2D eigenvalue weighted by Crippen LogP contribution is -2.40. The van der Waals surface area contributed by atoms with Gasteiger partial charge in [-0.05, 0) is 23.9 Å². The van der Waals surface area contributed by atoms with Gasteiger partial charge in [-0.3, -0.25) is 4.90 Å². The maximum Gasteiger partial charge on any atom is 0.257 e. The molecule has 0 unspecified atom stereocenters. The molecule has 0 N–H and O–H groups in total. The molecule has 24 heavy (non-hydrogen) atoms. The van der Waals surface area contributed by atoms with E-state index < -0.39 is 0 Å². The van der Waals surface area contributed by atoms with Crippen LogP contribution in [0.5, 0.6) is 0 Å². The van der Waals surface area contributed by atoms with Gasteiger partial charge in [0.15, 0.2) is 0 Å². The Morgan fingerprint density at radius 1 is 1.17 bits per heavy atom. The Morgan fingerprint density at radius 2 is 2.04 bits per heavy atom. The van der Waals surface area contributed by atoms with E-state index in [0.29, 0.717) is 18.4 Å². The van der Waals surface area contributed by atoms with Gasteiger partial charge in [-0.15, -0.1) is 21.5 Å². The smallest absolute Gasteiger partial charge is 0.257 e. The van der Waals surface area contributed by atoms with Crippen LogP contribution in [0, 0.1) is 0 Å². The number of benzene rings is 1. The molecule has 6 heteroatoms. The molecule has 3 aromatic rings. The highest BCUT2D eigenvalue weighted by Crippen LogP contribution is 2.30. The Bertz CT molecular complexity index is 773. The molecule has 0 aliphatic carbocycles. The minimum absolute atomic E-state index is 0.0707. The number of hydrogen-bond donors (Lipinski definition) is 0. The summed E-state index contributed by atoms with van der Waals surface area (Å²) in [5.41, 5.74) is 1.21. The molecular weight excluding hydrogens is 322 g/mol. The summed E-state index contributed by atoms with van der Waals surface area (Å²) >= 11 is 1.60. The topological polar surface area (TPSA) is 51.4 Å². The van der Waals surface area contributed by atoms with Gasteiger partial charge >= 0.3 is 0 Å². The van der Waals surface area contributed by atoms with Crippen molar-refractivity contribution in [1.29, 1.82) is 0 Å². The van der Waals surface area contributed by atoms with Crippen LogP contribution in [0.1, 0.15) is 30.5 Å². The van der Waals surface area contributed by atoms with E-state index >= 15 is 0 Å². The number of aromatic nitrogens is 2. The number of morpholine rings is 1. The predicted molar refractivity (Wildman–Crippen MR) is 92.7 cm³/mol. The highest BCUT2D eigenvalue weighted by atomic mass is 32.1. The first-order chi connectivity index (χ1) is 11.8. The molecule has 1 aromatic carbocycles. The molecule has 3 heterocycles. The van der Waals surface area contributed by atoms with E-state index in [-0.39, 0.29) is 12.1 Å². The van der Waals surface area contributed by atoms with Crippen LogP contribution >= 0.6 is 11.3 Å². The van der Waals surface area contributed by atoms with E-state index in [2.05, 4.69) is 34.2 Å². The third-order valence-corrected chi connectivity index (χ3v) is 5.20. The Morgan fingerprint density at radius 3 is 2.83 bits per heavy atom. The molecule has 2 aromatic heterocycles. The summed E-state index contributed by atoms with van der Waals surface area (Å²) in [5.74, 6) is 1.26. The Hall–Kier alpha value is -2.02. The molecule has 0 saturated carbocycles. The molecule has 0 bridgehead atoms. The second-order valence-corrected chi connectivity index (χ2v) is 6.81. The van der Waals surface area contributed by atoms with Gasteiger partial charge in [0.25, 0.3) is 5.89 Å². The minimum Gasteiger partial charge on any atom is -0.418 e. The van der Waals surface area contributed by atoms with Crippen LogP contribution in [0.3, 0.4) is 0 Å². The van der Waals surface area contributed by atoms with E-state index in [1.54, 1.807) is 11.3 Å². The Balaban J connectivity index is 1.49. The first kappa shape index (κ1) is 15.5. The van der Waals surface area contributed by atoms with E-state index in [1.807, 2.05) is 35.7 Å². The Labute approximate surface area is 144 Å². The molecular formula is C18H19N3O2S. The summed E-state index contributed by atoms with van der Waals surface area (Å²) in [6.07, 6.45) is 0.0853. The van der Waals surface area contributed by atoms with Gasteiger partial charge < -0.3 is 9.15 Å². The van der Waals surface area contributed by atoms with E-state index in [4.69, 9.17) is 9.15 Å². The van der Waals surface area contributed by atoms with Crippen LogP contribution < -0.4 is 0 Å². The van der Waals surface area contributed by atoms with Gasteiger partial charge in [0.05, 0.1) is 23.6 Å². The van der Waals surface area contributed by atoms with Crippen molar-refractivity contribution in [2.24, 2.45) is 0 Å². The molecule has 124 valence electrons. The molecule has 1 aliphatic rings. The average molecular weight is 341 g/mol. The summed E-state index contributed by atoms with van der Waals surface area (Å²) in [4.78, 5) is 3.34. The monoisotopic (exact) mass is 341 g/mol. The summed E-state index contributed by atoms with van der Waals surface area (Å²) in [6, 6.07) is 14.4. The van der Waals surface area contributed by atoms with Crippen molar-refractivity contribution in [1.82, 2.24) is 15.1 Å². The first-order valence-electron chi connectivity index (χ1n) is 8.09. The van der Waals surface area contributed by atoms with Crippen molar-refractivity contribution < 1.29 is 9.15 Å². The van der Waals surface area contributed by atoms with Crippen LogP contribution in [-0.4, -0.2) is 34.8 Å². The minimum atomic E-state index is 0.0707. The van der Waals surface area contributed by atoms with Crippen molar-refractivity contribution in [2.75, 3.05) is 19.7 Å². The molecule has 5 nitrogen and oxygen atoms in total. The predicted octanol–water partition coefficient (Wildman–Crippen LogP) is 3.93. The highest BCUT2D eigenvalue weighted by Gasteiger charge is 2.28.